The fraction of sp³-hybridized carbons (Fsp3) is 0.300. The summed E-state index contributed by atoms with van der Waals surface area (Å²) in [6.45, 7) is 2.34. The second-order valence-corrected chi connectivity index (χ2v) is 9.88. The number of hydrogen-bond acceptors (Lipinski definition) is 5. The number of halogens is 3. The van der Waals surface area contributed by atoms with Crippen LogP contribution in [0.5, 0.6) is 0 Å². The van der Waals surface area contributed by atoms with Crippen LogP contribution < -0.4 is 0 Å². The van der Waals surface area contributed by atoms with Crippen LogP contribution in [0.3, 0.4) is 0 Å². The molecule has 1 saturated heterocycles. The van der Waals surface area contributed by atoms with E-state index < -0.39 is 10.0 Å². The molecule has 0 aliphatic carbocycles. The van der Waals surface area contributed by atoms with E-state index >= 15 is 0 Å². The third-order valence-corrected chi connectivity index (χ3v) is 7.94. The maximum atomic E-state index is 13.1. The minimum Gasteiger partial charge on any atom is -0.420 e. The second-order valence-electron chi connectivity index (χ2n) is 7.16. The molecule has 0 spiro atoms. The van der Waals surface area contributed by atoms with Gasteiger partial charge in [-0.15, -0.1) is 10.2 Å². The molecule has 0 amide bonds. The minimum atomic E-state index is -3.74. The molecule has 0 atom stereocenters. The van der Waals surface area contributed by atoms with Gasteiger partial charge in [0.2, 0.25) is 21.8 Å². The number of aromatic nitrogens is 2. The van der Waals surface area contributed by atoms with E-state index in [1.54, 1.807) is 19.1 Å². The Kier molecular flexibility index (Phi) is 5.85. The van der Waals surface area contributed by atoms with Crippen molar-refractivity contribution in [2.45, 2.75) is 30.6 Å². The van der Waals surface area contributed by atoms with Gasteiger partial charge in [-0.05, 0) is 61.7 Å². The first-order chi connectivity index (χ1) is 14.3. The zero-order valence-corrected chi connectivity index (χ0v) is 18.3. The molecule has 0 bridgehead atoms. The van der Waals surface area contributed by atoms with E-state index in [-0.39, 0.29) is 21.7 Å². The molecule has 1 aliphatic heterocycles. The van der Waals surface area contributed by atoms with Crippen LogP contribution in [0, 0.1) is 12.7 Å². The highest BCUT2D eigenvalue weighted by atomic mass is 35.5. The SMILES string of the molecule is Cc1cc(S(=O)(=O)N2CCC(c3nnc(-c4ccc(F)cc4)o3)CC2)c(Cl)cc1Cl. The summed E-state index contributed by atoms with van der Waals surface area (Å²) >= 11 is 12.2. The molecule has 10 heteroatoms. The van der Waals surface area contributed by atoms with Gasteiger partial charge in [-0.2, -0.15) is 4.31 Å². The summed E-state index contributed by atoms with van der Waals surface area (Å²) < 4.78 is 46.3. The van der Waals surface area contributed by atoms with E-state index in [1.165, 1.54) is 28.6 Å². The van der Waals surface area contributed by atoms with E-state index in [0.29, 0.717) is 53.9 Å². The van der Waals surface area contributed by atoms with Gasteiger partial charge >= 0.3 is 0 Å². The third-order valence-electron chi connectivity index (χ3n) is 5.17. The molecular formula is C20H18Cl2FN3O3S. The first-order valence-electron chi connectivity index (χ1n) is 9.31. The van der Waals surface area contributed by atoms with Crippen molar-refractivity contribution in [3.63, 3.8) is 0 Å². The molecule has 0 N–H and O–H groups in total. The van der Waals surface area contributed by atoms with Crippen LogP contribution in [0.1, 0.15) is 30.2 Å². The second kappa shape index (κ2) is 8.26. The van der Waals surface area contributed by atoms with Crippen LogP contribution in [0.2, 0.25) is 10.0 Å². The van der Waals surface area contributed by atoms with Crippen molar-refractivity contribution in [3.05, 3.63) is 63.7 Å². The van der Waals surface area contributed by atoms with Crippen molar-refractivity contribution in [1.29, 1.82) is 0 Å². The lowest BCUT2D eigenvalue weighted by Crippen LogP contribution is -2.38. The molecule has 1 aromatic heterocycles. The first kappa shape index (κ1) is 21.2. The Morgan fingerprint density at radius 2 is 1.73 bits per heavy atom. The average Bonchev–Trinajstić information content (AvgIpc) is 3.21. The molecule has 0 saturated carbocycles. The van der Waals surface area contributed by atoms with Gasteiger partial charge in [0.1, 0.15) is 10.7 Å². The zero-order valence-electron chi connectivity index (χ0n) is 16.0. The Bertz CT molecular complexity index is 1170. The van der Waals surface area contributed by atoms with Gasteiger partial charge in [0.15, 0.2) is 0 Å². The van der Waals surface area contributed by atoms with E-state index in [2.05, 4.69) is 10.2 Å². The third kappa shape index (κ3) is 4.09. The van der Waals surface area contributed by atoms with Gasteiger partial charge in [-0.25, -0.2) is 12.8 Å². The summed E-state index contributed by atoms with van der Waals surface area (Å²) in [5.41, 5.74) is 1.27. The van der Waals surface area contributed by atoms with Crippen molar-refractivity contribution in [3.8, 4) is 11.5 Å². The smallest absolute Gasteiger partial charge is 0.247 e. The van der Waals surface area contributed by atoms with E-state index in [0.717, 1.165) is 0 Å². The van der Waals surface area contributed by atoms with Crippen LogP contribution in [-0.4, -0.2) is 36.0 Å². The van der Waals surface area contributed by atoms with Crippen molar-refractivity contribution < 1.29 is 17.2 Å². The number of rotatable bonds is 4. The molecule has 1 aliphatic rings. The van der Waals surface area contributed by atoms with Gasteiger partial charge < -0.3 is 4.42 Å². The molecule has 6 nitrogen and oxygen atoms in total. The molecule has 4 rings (SSSR count). The minimum absolute atomic E-state index is 0.0550. The highest BCUT2D eigenvalue weighted by molar-refractivity contribution is 7.89. The first-order valence-corrected chi connectivity index (χ1v) is 11.5. The highest BCUT2D eigenvalue weighted by Crippen LogP contribution is 2.34. The predicted octanol–water partition coefficient (Wildman–Crippen LogP) is 5.06. The fourth-order valence-electron chi connectivity index (χ4n) is 3.42. The van der Waals surface area contributed by atoms with E-state index in [9.17, 15) is 12.8 Å². The highest BCUT2D eigenvalue weighted by Gasteiger charge is 2.33. The maximum absolute atomic E-state index is 13.1. The number of sulfonamides is 1. The fourth-order valence-corrected chi connectivity index (χ4v) is 5.70. The van der Waals surface area contributed by atoms with Crippen molar-refractivity contribution in [1.82, 2.24) is 14.5 Å². The topological polar surface area (TPSA) is 76.3 Å². The van der Waals surface area contributed by atoms with Gasteiger partial charge in [-0.1, -0.05) is 23.2 Å². The monoisotopic (exact) mass is 469 g/mol. The summed E-state index contributed by atoms with van der Waals surface area (Å²) in [4.78, 5) is 0.0564. The van der Waals surface area contributed by atoms with Crippen LogP contribution >= 0.6 is 23.2 Å². The summed E-state index contributed by atoms with van der Waals surface area (Å²) in [5, 5.41) is 8.67. The summed E-state index contributed by atoms with van der Waals surface area (Å²) in [6.07, 6.45) is 1.07. The molecule has 3 aromatic rings. The summed E-state index contributed by atoms with van der Waals surface area (Å²) in [7, 11) is -3.74. The Labute approximate surface area is 183 Å². The Morgan fingerprint density at radius 1 is 1.07 bits per heavy atom. The number of piperidine rings is 1. The normalized spacial score (nSPS) is 16.1. The van der Waals surface area contributed by atoms with E-state index in [4.69, 9.17) is 27.6 Å². The molecule has 0 unspecified atom stereocenters. The molecule has 0 radical (unpaired) electrons. The van der Waals surface area contributed by atoms with Crippen LogP contribution in [0.4, 0.5) is 4.39 Å². The lowest BCUT2D eigenvalue weighted by molar-refractivity contribution is 0.291. The standard InChI is InChI=1S/C20H18Cl2FN3O3S/c1-12-10-18(17(22)11-16(12)21)30(27,28)26-8-6-14(7-9-26)20-25-24-19(29-20)13-2-4-15(23)5-3-13/h2-5,10-11,14H,6-9H2,1H3. The maximum Gasteiger partial charge on any atom is 0.247 e. The van der Waals surface area contributed by atoms with Crippen molar-refractivity contribution in [2.24, 2.45) is 0 Å². The van der Waals surface area contributed by atoms with Crippen molar-refractivity contribution in [2.75, 3.05) is 13.1 Å². The quantitative estimate of drug-likeness (QED) is 0.533. The number of aryl methyl sites for hydroxylation is 1. The molecule has 2 aromatic carbocycles. The Morgan fingerprint density at radius 3 is 2.40 bits per heavy atom. The number of nitrogens with zero attached hydrogens (tertiary/aromatic N) is 3. The zero-order chi connectivity index (χ0) is 21.5. The Balaban J connectivity index is 1.48. The van der Waals surface area contributed by atoms with Crippen molar-refractivity contribution >= 4 is 33.2 Å². The van der Waals surface area contributed by atoms with Crippen LogP contribution in [0.15, 0.2) is 45.7 Å². The molecule has 158 valence electrons. The van der Waals surface area contributed by atoms with Gasteiger partial charge in [0, 0.05) is 29.6 Å². The van der Waals surface area contributed by atoms with Gasteiger partial charge in [-0.3, -0.25) is 0 Å². The molecular weight excluding hydrogens is 452 g/mol. The summed E-state index contributed by atoms with van der Waals surface area (Å²) in [5.74, 6) is 0.360. The lowest BCUT2D eigenvalue weighted by Gasteiger charge is -2.30. The molecule has 2 heterocycles. The van der Waals surface area contributed by atoms with Gasteiger partial charge in [0.05, 0.1) is 5.02 Å². The van der Waals surface area contributed by atoms with Crippen LogP contribution in [0.25, 0.3) is 11.5 Å². The van der Waals surface area contributed by atoms with E-state index in [1.807, 2.05) is 0 Å². The Hall–Kier alpha value is -2.00. The molecule has 30 heavy (non-hydrogen) atoms. The lowest BCUT2D eigenvalue weighted by atomic mass is 9.98. The number of hydrogen-bond donors (Lipinski definition) is 0. The average molecular weight is 470 g/mol. The number of benzene rings is 2. The summed E-state index contributed by atoms with van der Waals surface area (Å²) in [6, 6.07) is 8.74. The predicted molar refractivity (Wildman–Crippen MR) is 112 cm³/mol. The molecule has 1 fully saturated rings. The largest absolute Gasteiger partial charge is 0.420 e. The van der Waals surface area contributed by atoms with Crippen LogP contribution in [-0.2, 0) is 10.0 Å². The van der Waals surface area contributed by atoms with Gasteiger partial charge in [0.25, 0.3) is 0 Å².